The van der Waals surface area contributed by atoms with Gasteiger partial charge in [0.25, 0.3) is 0 Å². The molecule has 0 saturated carbocycles. The molecule has 0 amide bonds. The minimum atomic E-state index is -0.107. The summed E-state index contributed by atoms with van der Waals surface area (Å²) >= 11 is 0. The molecule has 12 aromatic carbocycles. The molecule has 8 heterocycles. The normalized spacial score (nSPS) is 13.2. The van der Waals surface area contributed by atoms with Crippen molar-refractivity contribution < 1.29 is 0 Å². The van der Waals surface area contributed by atoms with Crippen LogP contribution >= 0.6 is 0 Å². The Kier molecular flexibility index (Phi) is 10.2. The predicted molar refractivity (Wildman–Crippen MR) is 394 cm³/mol. The molecule has 20 rings (SSSR count). The van der Waals surface area contributed by atoms with E-state index < -0.39 is 0 Å². The first-order chi connectivity index (χ1) is 44.6. The lowest BCUT2D eigenvalue weighted by atomic mass is 9.45. The van der Waals surface area contributed by atoms with Gasteiger partial charge in [0, 0.05) is 65.9 Å². The summed E-state index contributed by atoms with van der Waals surface area (Å²) < 4.78 is 11.0. The number of rotatable bonds is 4. The molecule has 4 aliphatic heterocycles. The van der Waals surface area contributed by atoms with E-state index >= 15 is 0 Å². The number of hydrogen-bond acceptors (Lipinski definition) is 0. The molecule has 0 radical (unpaired) electrons. The first-order valence-electron chi connectivity index (χ1n) is 33.0. The molecule has 0 bridgehead atoms. The Bertz CT molecular complexity index is 5750. The van der Waals surface area contributed by atoms with Crippen molar-refractivity contribution in [2.45, 2.75) is 83.1 Å². The molecule has 4 nitrogen and oxygen atoms in total. The van der Waals surface area contributed by atoms with Crippen molar-refractivity contribution in [3.05, 3.63) is 249 Å². The lowest BCUT2D eigenvalue weighted by molar-refractivity contribution is 1.17. The molecule has 16 aromatic rings. The molecular formula is C86H66B2N4. The lowest BCUT2D eigenvalue weighted by Gasteiger charge is -2.34. The number of fused-ring (bicyclic) bond motifs is 21. The van der Waals surface area contributed by atoms with Crippen LogP contribution in [0.15, 0.2) is 182 Å². The van der Waals surface area contributed by atoms with Crippen LogP contribution in [0.3, 0.4) is 0 Å². The van der Waals surface area contributed by atoms with E-state index in [4.69, 9.17) is 0 Å². The first kappa shape index (κ1) is 52.5. The van der Waals surface area contributed by atoms with Gasteiger partial charge in [-0.05, 0) is 241 Å². The fourth-order valence-corrected chi connectivity index (χ4v) is 19.8. The van der Waals surface area contributed by atoms with Crippen LogP contribution in [0.2, 0.25) is 0 Å². The van der Waals surface area contributed by atoms with Crippen molar-refractivity contribution in [2.24, 2.45) is 0 Å². The van der Waals surface area contributed by atoms with Crippen LogP contribution in [0.1, 0.15) is 66.8 Å². The van der Waals surface area contributed by atoms with E-state index in [0.29, 0.717) is 0 Å². The largest absolute Gasteiger partial charge is 0.374 e. The SMILES string of the molecule is Cc1cc(C)c(-c2cc(-c3c(C)cc(C)cc3C)c3c4ccc5c6c4n(c3c2)-c2ccccc2B6n2c3c-5cccc3c3c2c2cccc4c2n3B2c3ccccc3-n3c5cc(-c6c(C)cc(C)cc6C)cc(-c6c(C)cc(C)cc6C)c5c5ccc-4c2c53)c(C)c1. The van der Waals surface area contributed by atoms with Crippen molar-refractivity contribution in [3.8, 4) is 78.1 Å². The average Bonchev–Trinajstić information content (AvgIpc) is 1.48. The molecule has 4 aromatic heterocycles. The third-order valence-corrected chi connectivity index (χ3v) is 22.3. The van der Waals surface area contributed by atoms with Gasteiger partial charge in [0.15, 0.2) is 0 Å². The summed E-state index contributed by atoms with van der Waals surface area (Å²) in [5.74, 6) is 0. The molecule has 0 spiro atoms. The number of aromatic nitrogens is 4. The van der Waals surface area contributed by atoms with E-state index in [1.54, 1.807) is 0 Å². The Labute approximate surface area is 536 Å². The molecule has 4 aliphatic rings. The van der Waals surface area contributed by atoms with Gasteiger partial charge in [-0.2, -0.15) is 0 Å². The van der Waals surface area contributed by atoms with Crippen LogP contribution in [-0.2, 0) is 0 Å². The average molecular weight is 1180 g/mol. The van der Waals surface area contributed by atoms with E-state index in [2.05, 4.69) is 283 Å². The Morgan fingerprint density at radius 1 is 0.261 bits per heavy atom. The second kappa shape index (κ2) is 17.8. The quantitative estimate of drug-likeness (QED) is 0.157. The highest BCUT2D eigenvalue weighted by Crippen LogP contribution is 2.53. The maximum atomic E-state index is 2.83. The zero-order chi connectivity index (χ0) is 62.1. The molecule has 92 heavy (non-hydrogen) atoms. The summed E-state index contributed by atoms with van der Waals surface area (Å²) in [6, 6.07) is 72.3. The van der Waals surface area contributed by atoms with Crippen LogP contribution in [0, 0.1) is 83.1 Å². The van der Waals surface area contributed by atoms with Gasteiger partial charge in [-0.25, -0.2) is 0 Å². The summed E-state index contributed by atoms with van der Waals surface area (Å²) in [5, 5.41) is 7.85. The van der Waals surface area contributed by atoms with Crippen LogP contribution < -0.4 is 21.9 Å². The zero-order valence-electron chi connectivity index (χ0n) is 54.3. The van der Waals surface area contributed by atoms with Crippen LogP contribution in [-0.4, -0.2) is 31.8 Å². The molecule has 0 aliphatic carbocycles. The molecular weight excluding hydrogens is 1110 g/mol. The van der Waals surface area contributed by atoms with Crippen molar-refractivity contribution in [1.29, 1.82) is 0 Å². The fraction of sp³-hybridized carbons (Fsp3) is 0.140. The maximum Gasteiger partial charge on any atom is 0.333 e. The van der Waals surface area contributed by atoms with Crippen LogP contribution in [0.4, 0.5) is 0 Å². The van der Waals surface area contributed by atoms with Gasteiger partial charge in [-0.1, -0.05) is 168 Å². The van der Waals surface area contributed by atoms with Crippen LogP contribution in [0.5, 0.6) is 0 Å². The standard InChI is InChI=1S/C86H66B2N4/c1-43-31-47(5)73(48(6)32-43)55-39-65(75-51(9)35-45(3)36-52(75)10)77-61-29-27-57-59-19-17-21-63-81(59)91(87-67-23-13-15-25-69(67)89(71(77)41-55)83(61)79(57)87)85-64-22-18-20-60-58-28-30-62-78-66(76-53(11)37-46(4)38-54(76)12)40-56(74-49(7)33-44(2)34-50(74)8)42-72(78)90-70-26-16-14-24-68(70)88(80(58)84(62)90)92(82(60)64)86(63)85/h13-42H,1-12H3. The summed E-state index contributed by atoms with van der Waals surface area (Å²) in [6.45, 7) is 27.2. The predicted octanol–water partition coefficient (Wildman–Crippen LogP) is 19.2. The summed E-state index contributed by atoms with van der Waals surface area (Å²) in [6.07, 6.45) is 0. The smallest absolute Gasteiger partial charge is 0.333 e. The number of benzene rings is 12. The highest BCUT2D eigenvalue weighted by molar-refractivity contribution is 6.92. The topological polar surface area (TPSA) is 19.7 Å². The van der Waals surface area contributed by atoms with Gasteiger partial charge in [-0.3, -0.25) is 0 Å². The van der Waals surface area contributed by atoms with Crippen molar-refractivity contribution in [2.75, 3.05) is 0 Å². The Morgan fingerprint density at radius 2 is 0.609 bits per heavy atom. The van der Waals surface area contributed by atoms with Gasteiger partial charge in [0.05, 0.1) is 33.1 Å². The Morgan fingerprint density at radius 3 is 0.978 bits per heavy atom. The van der Waals surface area contributed by atoms with Gasteiger partial charge in [0.2, 0.25) is 0 Å². The molecule has 0 atom stereocenters. The highest BCUT2D eigenvalue weighted by atomic mass is 15.1. The van der Waals surface area contributed by atoms with Crippen molar-refractivity contribution >= 4 is 112 Å². The summed E-state index contributed by atoms with van der Waals surface area (Å²) in [4.78, 5) is 0. The van der Waals surface area contributed by atoms with Gasteiger partial charge in [-0.15, -0.1) is 0 Å². The minimum Gasteiger partial charge on any atom is -0.374 e. The molecule has 6 heteroatoms. The Hall–Kier alpha value is -10.3. The summed E-state index contributed by atoms with van der Waals surface area (Å²) in [5.41, 5.74) is 49.6. The third kappa shape index (κ3) is 6.40. The molecule has 0 fully saturated rings. The fourth-order valence-electron chi connectivity index (χ4n) is 19.8. The van der Waals surface area contributed by atoms with Gasteiger partial charge in [0.1, 0.15) is 0 Å². The van der Waals surface area contributed by atoms with E-state index in [9.17, 15) is 0 Å². The van der Waals surface area contributed by atoms with E-state index in [-0.39, 0.29) is 13.7 Å². The Balaban J connectivity index is 0.904. The number of hydrogen-bond donors (Lipinski definition) is 0. The maximum absolute atomic E-state index is 2.83. The number of aryl methyl sites for hydroxylation is 12. The van der Waals surface area contributed by atoms with E-state index in [1.807, 2.05) is 0 Å². The second-order valence-corrected chi connectivity index (χ2v) is 28.2. The highest BCUT2D eigenvalue weighted by Gasteiger charge is 2.47. The van der Waals surface area contributed by atoms with Crippen molar-refractivity contribution in [1.82, 2.24) is 18.1 Å². The van der Waals surface area contributed by atoms with E-state index in [1.165, 1.54) is 243 Å². The third-order valence-electron chi connectivity index (χ3n) is 22.3. The molecule has 0 saturated heterocycles. The number of para-hydroxylation sites is 4. The van der Waals surface area contributed by atoms with Crippen LogP contribution in [0.25, 0.3) is 155 Å². The second-order valence-electron chi connectivity index (χ2n) is 28.2. The minimum absolute atomic E-state index is 0.107. The molecule has 0 N–H and O–H groups in total. The van der Waals surface area contributed by atoms with Gasteiger partial charge >= 0.3 is 13.7 Å². The van der Waals surface area contributed by atoms with Crippen molar-refractivity contribution in [3.63, 3.8) is 0 Å². The zero-order valence-corrected chi connectivity index (χ0v) is 54.3. The lowest BCUT2D eigenvalue weighted by Crippen LogP contribution is -2.55. The van der Waals surface area contributed by atoms with E-state index in [0.717, 1.165) is 0 Å². The first-order valence-corrected chi connectivity index (χ1v) is 33.0. The van der Waals surface area contributed by atoms with Gasteiger partial charge < -0.3 is 18.1 Å². The summed E-state index contributed by atoms with van der Waals surface area (Å²) in [7, 11) is 0. The molecule has 0 unspecified atom stereocenters. The molecule has 436 valence electrons. The monoisotopic (exact) mass is 1180 g/mol. The number of nitrogens with zero attached hydrogens (tertiary/aromatic N) is 4.